The zero-order valence-corrected chi connectivity index (χ0v) is 6.67. The third kappa shape index (κ3) is 0.769. The first kappa shape index (κ1) is 9.74. The van der Waals surface area contributed by atoms with E-state index in [0.29, 0.717) is 0 Å². The molecular weight excluding hydrogens is 179 g/mol. The van der Waals surface area contributed by atoms with E-state index in [0.717, 1.165) is 13.8 Å². The van der Waals surface area contributed by atoms with Crippen molar-refractivity contribution >= 4 is 0 Å². The van der Waals surface area contributed by atoms with Crippen molar-refractivity contribution in [2.45, 2.75) is 32.4 Å². The van der Waals surface area contributed by atoms with Gasteiger partial charge in [0.05, 0.1) is 0 Å². The van der Waals surface area contributed by atoms with Crippen LogP contribution in [0.5, 0.6) is 0 Å². The Balaban J connectivity index is 2.99. The minimum Gasteiger partial charge on any atom is -0.206 e. The summed E-state index contributed by atoms with van der Waals surface area (Å²) in [5, 5.41) is 0. The van der Waals surface area contributed by atoms with Crippen LogP contribution < -0.4 is 0 Å². The van der Waals surface area contributed by atoms with E-state index in [-0.39, 0.29) is 0 Å². The summed E-state index contributed by atoms with van der Waals surface area (Å²) < 4.78 is 61.7. The normalized spacial score (nSPS) is 39.8. The van der Waals surface area contributed by atoms with Crippen LogP contribution in [0.1, 0.15) is 20.3 Å². The lowest BCUT2D eigenvalue weighted by molar-refractivity contribution is -0.214. The van der Waals surface area contributed by atoms with Crippen molar-refractivity contribution in [1.29, 1.82) is 0 Å². The fraction of sp³-hybridized carbons (Fsp3) is 1.00. The zero-order chi connectivity index (χ0) is 9.78. The number of halogens is 5. The largest absolute Gasteiger partial charge is 0.400 e. The molecule has 0 N–H and O–H groups in total. The summed E-state index contributed by atoms with van der Waals surface area (Å²) in [5.41, 5.74) is -2.75. The van der Waals surface area contributed by atoms with Gasteiger partial charge in [0, 0.05) is 5.92 Å². The summed E-state index contributed by atoms with van der Waals surface area (Å²) >= 11 is 0. The molecule has 0 aliphatic heterocycles. The van der Waals surface area contributed by atoms with Gasteiger partial charge in [-0.2, -0.15) is 13.2 Å². The van der Waals surface area contributed by atoms with E-state index in [1.165, 1.54) is 0 Å². The molecule has 0 heterocycles. The Labute approximate surface area is 66.8 Å². The van der Waals surface area contributed by atoms with Crippen LogP contribution in [0.15, 0.2) is 0 Å². The molecule has 0 bridgehead atoms. The van der Waals surface area contributed by atoms with Crippen molar-refractivity contribution in [1.82, 2.24) is 0 Å². The summed E-state index contributed by atoms with van der Waals surface area (Å²) in [6.45, 7) is 2.09. The molecule has 0 aromatic rings. The zero-order valence-electron chi connectivity index (χ0n) is 6.67. The van der Waals surface area contributed by atoms with E-state index in [9.17, 15) is 22.0 Å². The molecule has 12 heavy (non-hydrogen) atoms. The smallest absolute Gasteiger partial charge is 0.206 e. The fourth-order valence-corrected chi connectivity index (χ4v) is 1.82. The quantitative estimate of drug-likeness (QED) is 0.554. The van der Waals surface area contributed by atoms with Crippen molar-refractivity contribution in [3.05, 3.63) is 0 Å². The van der Waals surface area contributed by atoms with Gasteiger partial charge in [0.15, 0.2) is 0 Å². The first-order valence-electron chi connectivity index (χ1n) is 3.66. The first-order chi connectivity index (χ1) is 5.22. The average Bonchev–Trinajstić information content (AvgIpc) is 2.28. The van der Waals surface area contributed by atoms with Crippen LogP contribution in [-0.4, -0.2) is 12.1 Å². The van der Waals surface area contributed by atoms with Crippen LogP contribution in [0.3, 0.4) is 0 Å². The summed E-state index contributed by atoms with van der Waals surface area (Å²) in [6.07, 6.45) is -5.34. The first-order valence-corrected chi connectivity index (χ1v) is 3.66. The van der Waals surface area contributed by atoms with Crippen LogP contribution >= 0.6 is 0 Å². The standard InChI is InChI=1S/C7H9F5/c1-3-5(7(10,11)12)4(2)6(5,8)9/h4H,3H2,1-2H3. The van der Waals surface area contributed by atoms with E-state index in [4.69, 9.17) is 0 Å². The van der Waals surface area contributed by atoms with Crippen LogP contribution in [0.25, 0.3) is 0 Å². The maximum Gasteiger partial charge on any atom is 0.400 e. The Morgan fingerprint density at radius 1 is 1.25 bits per heavy atom. The second-order valence-corrected chi connectivity index (χ2v) is 3.17. The minimum absolute atomic E-state index is 0.551. The predicted molar refractivity (Wildman–Crippen MR) is 32.9 cm³/mol. The number of hydrogen-bond acceptors (Lipinski definition) is 0. The lowest BCUT2D eigenvalue weighted by Gasteiger charge is -2.17. The second-order valence-electron chi connectivity index (χ2n) is 3.17. The molecule has 0 aromatic heterocycles. The van der Waals surface area contributed by atoms with E-state index >= 15 is 0 Å². The molecule has 72 valence electrons. The Bertz CT molecular complexity index is 182. The highest BCUT2D eigenvalue weighted by atomic mass is 19.4. The molecular formula is C7H9F5. The summed E-state index contributed by atoms with van der Waals surface area (Å²) in [5.74, 6) is -5.14. The fourth-order valence-electron chi connectivity index (χ4n) is 1.82. The molecule has 1 saturated carbocycles. The van der Waals surface area contributed by atoms with E-state index in [1.807, 2.05) is 0 Å². The molecule has 2 atom stereocenters. The maximum atomic E-state index is 12.6. The van der Waals surface area contributed by atoms with Gasteiger partial charge in [0.25, 0.3) is 5.92 Å². The van der Waals surface area contributed by atoms with Crippen LogP contribution in [0.2, 0.25) is 0 Å². The summed E-state index contributed by atoms with van der Waals surface area (Å²) in [4.78, 5) is 0. The van der Waals surface area contributed by atoms with Crippen molar-refractivity contribution in [3.8, 4) is 0 Å². The molecule has 1 fully saturated rings. The molecule has 0 spiro atoms. The van der Waals surface area contributed by atoms with E-state index in [2.05, 4.69) is 0 Å². The van der Waals surface area contributed by atoms with Gasteiger partial charge < -0.3 is 0 Å². The summed E-state index contributed by atoms with van der Waals surface area (Å²) in [7, 11) is 0. The van der Waals surface area contributed by atoms with Gasteiger partial charge >= 0.3 is 6.18 Å². The minimum atomic E-state index is -4.79. The van der Waals surface area contributed by atoms with Crippen LogP contribution in [-0.2, 0) is 0 Å². The van der Waals surface area contributed by atoms with Crippen molar-refractivity contribution < 1.29 is 22.0 Å². The van der Waals surface area contributed by atoms with Crippen LogP contribution in [0, 0.1) is 11.3 Å². The Kier molecular flexibility index (Phi) is 1.72. The van der Waals surface area contributed by atoms with E-state index in [1.54, 1.807) is 0 Å². The predicted octanol–water partition coefficient (Wildman–Crippen LogP) is 3.23. The third-order valence-corrected chi connectivity index (χ3v) is 2.86. The SMILES string of the molecule is CCC1(C(F)(F)F)C(C)C1(F)F. The molecule has 1 rings (SSSR count). The van der Waals surface area contributed by atoms with Gasteiger partial charge in [0.1, 0.15) is 5.41 Å². The topological polar surface area (TPSA) is 0 Å². The number of hydrogen-bond donors (Lipinski definition) is 0. The second kappa shape index (κ2) is 2.12. The van der Waals surface area contributed by atoms with Gasteiger partial charge in [0.2, 0.25) is 0 Å². The lowest BCUT2D eigenvalue weighted by atomic mass is 10.00. The Morgan fingerprint density at radius 3 is 1.58 bits per heavy atom. The Morgan fingerprint density at radius 2 is 1.58 bits per heavy atom. The van der Waals surface area contributed by atoms with Crippen molar-refractivity contribution in [3.63, 3.8) is 0 Å². The number of rotatable bonds is 1. The molecule has 1 aliphatic rings. The Hall–Kier alpha value is -0.350. The number of alkyl halides is 5. The highest BCUT2D eigenvalue weighted by Crippen LogP contribution is 2.74. The van der Waals surface area contributed by atoms with Gasteiger partial charge in [-0.25, -0.2) is 8.78 Å². The maximum absolute atomic E-state index is 12.6. The lowest BCUT2D eigenvalue weighted by Crippen LogP contribution is -2.30. The molecule has 0 saturated heterocycles. The third-order valence-electron chi connectivity index (χ3n) is 2.86. The highest BCUT2D eigenvalue weighted by molar-refractivity contribution is 5.19. The highest BCUT2D eigenvalue weighted by Gasteiger charge is 2.87. The molecule has 0 radical (unpaired) electrons. The molecule has 0 amide bonds. The van der Waals surface area contributed by atoms with Gasteiger partial charge in [-0.05, 0) is 6.42 Å². The molecule has 0 aromatic carbocycles. The molecule has 2 unspecified atom stereocenters. The van der Waals surface area contributed by atoms with Crippen molar-refractivity contribution in [2.75, 3.05) is 0 Å². The monoisotopic (exact) mass is 188 g/mol. The van der Waals surface area contributed by atoms with Gasteiger partial charge in [-0.15, -0.1) is 0 Å². The molecule has 0 nitrogen and oxygen atoms in total. The van der Waals surface area contributed by atoms with Gasteiger partial charge in [-0.3, -0.25) is 0 Å². The summed E-state index contributed by atoms with van der Waals surface area (Å²) in [6, 6.07) is 0. The van der Waals surface area contributed by atoms with Crippen molar-refractivity contribution in [2.24, 2.45) is 11.3 Å². The molecule has 1 aliphatic carbocycles. The van der Waals surface area contributed by atoms with Crippen LogP contribution in [0.4, 0.5) is 22.0 Å². The average molecular weight is 188 g/mol. The molecule has 5 heteroatoms. The van der Waals surface area contributed by atoms with E-state index < -0.39 is 29.9 Å². The van der Waals surface area contributed by atoms with Gasteiger partial charge in [-0.1, -0.05) is 13.8 Å².